The molecule has 0 unspecified atom stereocenters. The lowest BCUT2D eigenvalue weighted by atomic mass is 9.56. The summed E-state index contributed by atoms with van der Waals surface area (Å²) in [6.45, 7) is 7.95. The molecule has 3 aliphatic carbocycles. The zero-order chi connectivity index (χ0) is 25.9. The Kier molecular flexibility index (Phi) is 4.17. The first-order valence-corrected chi connectivity index (χ1v) is 13.9. The predicted octanol–water partition coefficient (Wildman–Crippen LogP) is 1.56. The number of epoxide rings is 1. The van der Waals surface area contributed by atoms with Gasteiger partial charge in [-0.2, -0.15) is 0 Å². The predicted molar refractivity (Wildman–Crippen MR) is 125 cm³/mol. The van der Waals surface area contributed by atoms with Gasteiger partial charge in [-0.15, -0.1) is 0 Å². The fourth-order valence-electron chi connectivity index (χ4n) is 10.6. The maximum Gasteiger partial charge on any atom is 0.334 e. The number of aliphatic hydroxyl groups is 2. The Hall–Kier alpha value is -1.52. The van der Waals surface area contributed by atoms with E-state index in [1.165, 1.54) is 0 Å². The Bertz CT molecular complexity index is 1150. The summed E-state index contributed by atoms with van der Waals surface area (Å²) >= 11 is 0. The number of esters is 2. The van der Waals surface area contributed by atoms with Gasteiger partial charge in [0.1, 0.15) is 35.1 Å². The number of cyclic esters (lactones) is 1. The highest BCUT2D eigenvalue weighted by molar-refractivity contribution is 5.90. The number of ether oxygens (including phenoxy) is 5. The second-order valence-electron chi connectivity index (χ2n) is 13.7. The number of fused-ring (bicyclic) bond motifs is 1. The molecule has 4 saturated heterocycles. The Morgan fingerprint density at radius 2 is 1.78 bits per heavy atom. The van der Waals surface area contributed by atoms with Crippen molar-refractivity contribution in [2.45, 2.75) is 125 Å². The smallest absolute Gasteiger partial charge is 0.334 e. The Morgan fingerprint density at radius 3 is 2.51 bits per heavy atom. The molecule has 0 bridgehead atoms. The average Bonchev–Trinajstić information content (AvgIpc) is 2.94. The maximum atomic E-state index is 12.5. The minimum atomic E-state index is -1.29. The van der Waals surface area contributed by atoms with Crippen LogP contribution >= 0.6 is 0 Å². The molecule has 0 aromatic rings. The molecular weight excluding hydrogens is 480 g/mol. The lowest BCUT2D eigenvalue weighted by Gasteiger charge is -2.55. The van der Waals surface area contributed by atoms with Crippen LogP contribution in [0.15, 0.2) is 11.6 Å². The highest BCUT2D eigenvalue weighted by Crippen LogP contribution is 2.76. The van der Waals surface area contributed by atoms with Crippen molar-refractivity contribution in [1.82, 2.24) is 0 Å². The molecule has 8 aliphatic rings. The summed E-state index contributed by atoms with van der Waals surface area (Å²) in [5.41, 5.74) is -3.90. The molecule has 9 nitrogen and oxygen atoms in total. The zero-order valence-electron chi connectivity index (χ0n) is 21.8. The topological polar surface area (TPSA) is 124 Å². The van der Waals surface area contributed by atoms with Crippen molar-refractivity contribution < 1.29 is 43.5 Å². The van der Waals surface area contributed by atoms with Crippen molar-refractivity contribution in [1.29, 1.82) is 0 Å². The van der Waals surface area contributed by atoms with Gasteiger partial charge in [0.25, 0.3) is 0 Å². The third-order valence-corrected chi connectivity index (χ3v) is 11.8. The highest BCUT2D eigenvalue weighted by atomic mass is 16.7. The molecular formula is C28H36O9. The molecule has 8 rings (SSSR count). The first-order chi connectivity index (χ1) is 17.4. The van der Waals surface area contributed by atoms with E-state index < -0.39 is 46.3 Å². The van der Waals surface area contributed by atoms with Crippen LogP contribution in [0.25, 0.3) is 0 Å². The molecule has 0 radical (unpaired) electrons. The molecule has 9 heteroatoms. The number of hydrogen-bond donors (Lipinski definition) is 2. The third kappa shape index (κ3) is 2.46. The molecule has 0 aromatic heterocycles. The van der Waals surface area contributed by atoms with Gasteiger partial charge in [-0.05, 0) is 52.0 Å². The summed E-state index contributed by atoms with van der Waals surface area (Å²) < 4.78 is 31.5. The third-order valence-electron chi connectivity index (χ3n) is 11.8. The van der Waals surface area contributed by atoms with E-state index >= 15 is 0 Å². The minimum Gasteiger partial charge on any atom is -0.456 e. The van der Waals surface area contributed by atoms with E-state index in [-0.39, 0.29) is 67.1 Å². The van der Waals surface area contributed by atoms with Crippen molar-refractivity contribution in [2.75, 3.05) is 0 Å². The molecule has 7 fully saturated rings. The Balaban J connectivity index is 1.20. The van der Waals surface area contributed by atoms with Gasteiger partial charge in [0, 0.05) is 36.2 Å². The second kappa shape index (κ2) is 6.61. The van der Waals surface area contributed by atoms with Crippen LogP contribution in [-0.2, 0) is 33.3 Å². The van der Waals surface area contributed by atoms with Crippen LogP contribution < -0.4 is 0 Å². The van der Waals surface area contributed by atoms with Gasteiger partial charge < -0.3 is 33.9 Å². The summed E-state index contributed by atoms with van der Waals surface area (Å²) in [5.74, 6) is -0.878. The summed E-state index contributed by atoms with van der Waals surface area (Å²) in [6.07, 6.45) is 2.14. The normalized spacial score (nSPS) is 60.3. The van der Waals surface area contributed by atoms with Crippen LogP contribution in [0, 0.1) is 23.7 Å². The molecule has 5 heterocycles. The molecule has 0 amide bonds. The van der Waals surface area contributed by atoms with Crippen molar-refractivity contribution >= 4 is 11.9 Å². The standard InChI is InChI=1S/C28H36O9/c1-12-7-15(33-23(12)31)22-13(2)14-8-20-28(35-20)17-6-5-16-24(3,4)34-19-9-21(30)36-26(16,19)11-25(17,32)10-18(29)27(14,28)37-22/h7,13-20,22,29,32H,5-6,8-11H2,1-4H3/t13-,14+,15-,16-,17+,18-,19+,20-,22-,25-,26+,27+,28-/m0/s1. The lowest BCUT2D eigenvalue weighted by Crippen LogP contribution is -2.70. The molecule has 5 aliphatic heterocycles. The van der Waals surface area contributed by atoms with E-state index in [9.17, 15) is 19.8 Å². The fraction of sp³-hybridized carbons (Fsp3) is 0.857. The first-order valence-electron chi connectivity index (χ1n) is 13.9. The van der Waals surface area contributed by atoms with Crippen molar-refractivity contribution in [2.24, 2.45) is 23.7 Å². The molecule has 13 atom stereocenters. The maximum absolute atomic E-state index is 12.5. The van der Waals surface area contributed by atoms with Gasteiger partial charge in [-0.3, -0.25) is 4.79 Å². The minimum absolute atomic E-state index is 0.0292. The lowest BCUT2D eigenvalue weighted by molar-refractivity contribution is -0.258. The number of carbonyl (C=O) groups excluding carboxylic acids is 2. The molecule has 3 saturated carbocycles. The van der Waals surface area contributed by atoms with Gasteiger partial charge in [-0.1, -0.05) is 6.92 Å². The summed E-state index contributed by atoms with van der Waals surface area (Å²) in [4.78, 5) is 24.6. The van der Waals surface area contributed by atoms with Gasteiger partial charge in [-0.25, -0.2) is 4.79 Å². The molecule has 37 heavy (non-hydrogen) atoms. The van der Waals surface area contributed by atoms with E-state index in [1.807, 2.05) is 19.9 Å². The summed E-state index contributed by atoms with van der Waals surface area (Å²) in [5, 5.41) is 24.4. The van der Waals surface area contributed by atoms with Crippen LogP contribution in [0.2, 0.25) is 0 Å². The van der Waals surface area contributed by atoms with Gasteiger partial charge in [0.2, 0.25) is 0 Å². The van der Waals surface area contributed by atoms with E-state index in [0.717, 1.165) is 12.8 Å². The quantitative estimate of drug-likeness (QED) is 0.395. The molecule has 0 aromatic carbocycles. The van der Waals surface area contributed by atoms with Crippen LogP contribution in [0.3, 0.4) is 0 Å². The summed E-state index contributed by atoms with van der Waals surface area (Å²) in [7, 11) is 0. The van der Waals surface area contributed by atoms with Crippen molar-refractivity contribution in [3.05, 3.63) is 11.6 Å². The van der Waals surface area contributed by atoms with Crippen molar-refractivity contribution in [3.63, 3.8) is 0 Å². The van der Waals surface area contributed by atoms with Gasteiger partial charge in [0.05, 0.1) is 29.8 Å². The number of aliphatic hydroxyl groups excluding tert-OH is 1. The molecule has 202 valence electrons. The Morgan fingerprint density at radius 1 is 1.03 bits per heavy atom. The van der Waals surface area contributed by atoms with Crippen LogP contribution in [0.1, 0.15) is 66.2 Å². The van der Waals surface area contributed by atoms with E-state index in [2.05, 4.69) is 6.92 Å². The largest absolute Gasteiger partial charge is 0.456 e. The SMILES string of the molecule is CC1=C[C@@H]([C@H]2O[C@@]34[C@H](C[C@@H]5O[C@@]53[C@@H]3CC[C@H]5C(C)(C)O[C@@H]6CC(=O)O[C@@]65C[C@@]3(O)C[C@@H]4O)[C@@H]2C)OC1=O. The molecule has 3 spiro atoms. The van der Waals surface area contributed by atoms with E-state index in [1.54, 1.807) is 6.92 Å². The summed E-state index contributed by atoms with van der Waals surface area (Å²) in [6, 6.07) is 0. The number of rotatable bonds is 1. The van der Waals surface area contributed by atoms with Gasteiger partial charge in [0.15, 0.2) is 0 Å². The first kappa shape index (κ1) is 23.4. The van der Waals surface area contributed by atoms with E-state index in [4.69, 9.17) is 23.7 Å². The van der Waals surface area contributed by atoms with Crippen LogP contribution in [-0.4, -0.2) is 80.7 Å². The average molecular weight is 517 g/mol. The van der Waals surface area contributed by atoms with Gasteiger partial charge >= 0.3 is 11.9 Å². The van der Waals surface area contributed by atoms with E-state index in [0.29, 0.717) is 12.0 Å². The highest BCUT2D eigenvalue weighted by Gasteiger charge is 2.90. The second-order valence-corrected chi connectivity index (χ2v) is 13.7. The van der Waals surface area contributed by atoms with Crippen LogP contribution in [0.5, 0.6) is 0 Å². The van der Waals surface area contributed by atoms with Crippen molar-refractivity contribution in [3.8, 4) is 0 Å². The Labute approximate surface area is 215 Å². The molecule has 2 N–H and O–H groups in total. The number of hydrogen-bond acceptors (Lipinski definition) is 9. The monoisotopic (exact) mass is 516 g/mol. The number of carbonyl (C=O) groups is 2. The van der Waals surface area contributed by atoms with Crippen LogP contribution in [0.4, 0.5) is 0 Å². The fourth-order valence-corrected chi connectivity index (χ4v) is 10.6. The zero-order valence-corrected chi connectivity index (χ0v) is 21.8.